The van der Waals surface area contributed by atoms with Crippen LogP contribution in [0.3, 0.4) is 0 Å². The lowest BCUT2D eigenvalue weighted by molar-refractivity contribution is 0.0206. The van der Waals surface area contributed by atoms with Crippen LogP contribution in [0.5, 0.6) is 0 Å². The molecule has 0 aliphatic carbocycles. The molecule has 11 nitrogen and oxygen atoms in total. The Labute approximate surface area is 262 Å². The van der Waals surface area contributed by atoms with Crippen LogP contribution in [0, 0.1) is 0 Å². The van der Waals surface area contributed by atoms with Crippen molar-refractivity contribution >= 4 is 58.6 Å². The highest BCUT2D eigenvalue weighted by molar-refractivity contribution is 7.70. The van der Waals surface area contributed by atoms with E-state index in [-0.39, 0.29) is 12.1 Å². The number of hydrogen-bond acceptors (Lipinski definition) is 8. The lowest BCUT2D eigenvalue weighted by Gasteiger charge is -2.34. The zero-order valence-electron chi connectivity index (χ0n) is 26.5. The molecule has 4 aromatic rings. The second kappa shape index (κ2) is 11.4. The molecule has 0 radical (unpaired) electrons. The Morgan fingerprint density at radius 1 is 1.07 bits per heavy atom. The summed E-state index contributed by atoms with van der Waals surface area (Å²) < 4.78 is 27.4. The molecule has 0 spiro atoms. The van der Waals surface area contributed by atoms with E-state index in [0.29, 0.717) is 57.2 Å². The minimum absolute atomic E-state index is 0.104. The maximum absolute atomic E-state index is 13.4. The SMILES string of the molecule is CC(C)(C)OC(=O)N1CCC[C@H](Nc2nc(-c3cn(C(=O)OC(C)(C)C)c4cc(P(C)(C)=O)ccc34)c(Cl)n3ccnc23)C1. The number of piperidine rings is 1. The summed E-state index contributed by atoms with van der Waals surface area (Å²) in [5.41, 5.74) is 0.777. The summed E-state index contributed by atoms with van der Waals surface area (Å²) in [6, 6.07) is 5.30. The maximum atomic E-state index is 13.4. The van der Waals surface area contributed by atoms with Crippen LogP contribution in [0.1, 0.15) is 54.4 Å². The molecule has 0 saturated carbocycles. The first kappa shape index (κ1) is 31.9. The van der Waals surface area contributed by atoms with E-state index in [2.05, 4.69) is 10.3 Å². The van der Waals surface area contributed by atoms with Crippen molar-refractivity contribution in [2.24, 2.45) is 0 Å². The molecular formula is C31H40ClN6O5P. The first-order valence-corrected chi connectivity index (χ1v) is 17.6. The van der Waals surface area contributed by atoms with Crippen molar-refractivity contribution in [3.63, 3.8) is 0 Å². The minimum atomic E-state index is -2.63. The molecule has 44 heavy (non-hydrogen) atoms. The highest BCUT2D eigenvalue weighted by atomic mass is 35.5. The van der Waals surface area contributed by atoms with Crippen molar-refractivity contribution < 1.29 is 23.6 Å². The van der Waals surface area contributed by atoms with Gasteiger partial charge in [-0.25, -0.2) is 19.6 Å². The highest BCUT2D eigenvalue weighted by Gasteiger charge is 2.30. The van der Waals surface area contributed by atoms with Crippen LogP contribution in [0.15, 0.2) is 36.8 Å². The van der Waals surface area contributed by atoms with Crippen LogP contribution < -0.4 is 10.6 Å². The molecule has 5 rings (SSSR count). The fourth-order valence-electron chi connectivity index (χ4n) is 5.21. The van der Waals surface area contributed by atoms with E-state index >= 15 is 0 Å². The minimum Gasteiger partial charge on any atom is -0.444 e. The summed E-state index contributed by atoms with van der Waals surface area (Å²) in [4.78, 5) is 37.3. The van der Waals surface area contributed by atoms with E-state index in [1.54, 1.807) is 68.1 Å². The number of imidazole rings is 1. The van der Waals surface area contributed by atoms with Crippen LogP contribution in [0.2, 0.25) is 5.15 Å². The Balaban J connectivity index is 1.59. The third-order valence-electron chi connectivity index (χ3n) is 7.15. The van der Waals surface area contributed by atoms with Crippen molar-refractivity contribution in [1.82, 2.24) is 23.8 Å². The van der Waals surface area contributed by atoms with Gasteiger partial charge in [0, 0.05) is 54.0 Å². The molecule has 1 amide bonds. The van der Waals surface area contributed by atoms with E-state index in [1.807, 2.05) is 32.9 Å². The fourth-order valence-corrected chi connectivity index (χ4v) is 6.36. The van der Waals surface area contributed by atoms with Crippen LogP contribution >= 0.6 is 18.7 Å². The molecule has 3 aromatic heterocycles. The van der Waals surface area contributed by atoms with Gasteiger partial charge in [-0.15, -0.1) is 0 Å². The van der Waals surface area contributed by atoms with Crippen molar-refractivity contribution in [3.8, 4) is 11.3 Å². The van der Waals surface area contributed by atoms with E-state index in [1.165, 1.54) is 4.57 Å². The Morgan fingerprint density at radius 2 is 1.75 bits per heavy atom. The van der Waals surface area contributed by atoms with Crippen LogP contribution in [0.25, 0.3) is 27.8 Å². The molecule has 1 fully saturated rings. The number of carbonyl (C=O) groups excluding carboxylic acids is 2. The molecular weight excluding hydrogens is 603 g/mol. The Hall–Kier alpha value is -3.56. The zero-order chi connectivity index (χ0) is 32.2. The summed E-state index contributed by atoms with van der Waals surface area (Å²) in [6.07, 6.45) is 5.74. The smallest absolute Gasteiger partial charge is 0.419 e. The van der Waals surface area contributed by atoms with Gasteiger partial charge in [-0.05, 0) is 73.8 Å². The molecule has 1 N–H and O–H groups in total. The van der Waals surface area contributed by atoms with Crippen molar-refractivity contribution in [1.29, 1.82) is 0 Å². The first-order valence-electron chi connectivity index (χ1n) is 14.6. The number of aromatic nitrogens is 4. The number of halogens is 1. The van der Waals surface area contributed by atoms with Gasteiger partial charge in [-0.2, -0.15) is 0 Å². The average molecular weight is 643 g/mol. The largest absolute Gasteiger partial charge is 0.444 e. The normalized spacial score (nSPS) is 16.4. The van der Waals surface area contributed by atoms with Crippen LogP contribution in [-0.4, -0.2) is 79.7 Å². The van der Waals surface area contributed by atoms with Gasteiger partial charge in [-0.3, -0.25) is 8.97 Å². The quantitative estimate of drug-likeness (QED) is 0.240. The molecule has 1 aliphatic heterocycles. The predicted molar refractivity (Wildman–Crippen MR) is 174 cm³/mol. The van der Waals surface area contributed by atoms with Gasteiger partial charge in [0.2, 0.25) is 0 Å². The Bertz CT molecular complexity index is 1790. The van der Waals surface area contributed by atoms with Gasteiger partial charge >= 0.3 is 12.2 Å². The van der Waals surface area contributed by atoms with Crippen molar-refractivity contribution in [2.45, 2.75) is 71.6 Å². The van der Waals surface area contributed by atoms with E-state index in [9.17, 15) is 14.2 Å². The number of likely N-dealkylation sites (tertiary alicyclic amines) is 1. The summed E-state index contributed by atoms with van der Waals surface area (Å²) in [7, 11) is -2.63. The monoisotopic (exact) mass is 642 g/mol. The Morgan fingerprint density at radius 3 is 2.41 bits per heavy atom. The number of anilines is 1. The topological polar surface area (TPSA) is 120 Å². The lowest BCUT2D eigenvalue weighted by atomic mass is 10.1. The lowest BCUT2D eigenvalue weighted by Crippen LogP contribution is -2.47. The van der Waals surface area contributed by atoms with Gasteiger partial charge in [0.05, 0.1) is 5.52 Å². The molecule has 13 heteroatoms. The number of nitrogens with one attached hydrogen (secondary N) is 1. The number of carbonyl (C=O) groups is 2. The van der Waals surface area contributed by atoms with Crippen molar-refractivity contribution in [2.75, 3.05) is 31.7 Å². The third-order valence-corrected chi connectivity index (χ3v) is 9.04. The molecule has 1 aliphatic rings. The first-order chi connectivity index (χ1) is 20.4. The molecule has 1 aromatic carbocycles. The molecule has 1 saturated heterocycles. The van der Waals surface area contributed by atoms with Gasteiger partial charge < -0.3 is 24.3 Å². The fraction of sp³-hybridized carbons (Fsp3) is 0.484. The summed E-state index contributed by atoms with van der Waals surface area (Å²) >= 11 is 6.95. The number of rotatable bonds is 4. The van der Waals surface area contributed by atoms with Crippen LogP contribution in [-0.2, 0) is 14.0 Å². The molecule has 1 atom stereocenters. The van der Waals surface area contributed by atoms with Gasteiger partial charge in [0.15, 0.2) is 11.5 Å². The van der Waals surface area contributed by atoms with E-state index in [0.717, 1.165) is 12.8 Å². The average Bonchev–Trinajstić information content (AvgIpc) is 3.54. The summed E-state index contributed by atoms with van der Waals surface area (Å²) in [6.45, 7) is 15.4. The molecule has 0 bridgehead atoms. The predicted octanol–water partition coefficient (Wildman–Crippen LogP) is 6.85. The number of fused-ring (bicyclic) bond motifs is 2. The van der Waals surface area contributed by atoms with Gasteiger partial charge in [0.1, 0.15) is 29.2 Å². The van der Waals surface area contributed by atoms with Crippen molar-refractivity contribution in [3.05, 3.63) is 41.9 Å². The molecule has 0 unspecified atom stereocenters. The zero-order valence-corrected chi connectivity index (χ0v) is 28.1. The highest BCUT2D eigenvalue weighted by Crippen LogP contribution is 2.40. The second-order valence-corrected chi connectivity index (χ2v) is 17.2. The van der Waals surface area contributed by atoms with E-state index < -0.39 is 24.4 Å². The Kier molecular flexibility index (Phi) is 8.27. The maximum Gasteiger partial charge on any atom is 0.419 e. The third kappa shape index (κ3) is 6.74. The summed E-state index contributed by atoms with van der Waals surface area (Å²) in [5, 5.41) is 5.14. The number of hydrogen-bond donors (Lipinski definition) is 1. The van der Waals surface area contributed by atoms with Crippen LogP contribution in [0.4, 0.5) is 15.4 Å². The van der Waals surface area contributed by atoms with E-state index in [4.69, 9.17) is 26.1 Å². The molecule has 4 heterocycles. The number of nitrogens with zero attached hydrogens (tertiary/aromatic N) is 5. The molecule has 236 valence electrons. The number of ether oxygens (including phenoxy) is 2. The number of benzene rings is 1. The number of amides is 1. The second-order valence-electron chi connectivity index (χ2n) is 13.6. The standard InChI is InChI=1S/C31H40ClN6O5P/c1-30(2,3)42-28(39)36-14-9-10-19(17-36)34-26-27-33-13-15-37(27)25(32)24(35-26)22-18-38(29(40)43-31(4,5)6)23-16-20(44(7,8)41)11-12-21(22)23/h11-13,15-16,18-19H,9-10,14,17H2,1-8H3,(H,34,35)/t19-/m0/s1. The summed E-state index contributed by atoms with van der Waals surface area (Å²) in [5.74, 6) is 0.492. The van der Waals surface area contributed by atoms with Gasteiger partial charge in [-0.1, -0.05) is 23.7 Å². The van der Waals surface area contributed by atoms with Gasteiger partial charge in [0.25, 0.3) is 0 Å².